The number of likely N-dealkylation sites (N-methyl/N-ethyl adjacent to an activating group) is 1. The minimum absolute atomic E-state index is 0.00223. The van der Waals surface area contributed by atoms with Crippen LogP contribution in [0.3, 0.4) is 0 Å². The highest BCUT2D eigenvalue weighted by molar-refractivity contribution is 7.91. The summed E-state index contributed by atoms with van der Waals surface area (Å²) in [6.45, 7) is 8.07. The Kier molecular flexibility index (Phi) is 6.60. The van der Waals surface area contributed by atoms with Gasteiger partial charge in [-0.15, -0.1) is 13.2 Å². The summed E-state index contributed by atoms with van der Waals surface area (Å²) >= 11 is 0. The number of sulfone groups is 1. The van der Waals surface area contributed by atoms with E-state index in [1.165, 1.54) is 17.1 Å². The zero-order valence-corrected chi connectivity index (χ0v) is 16.6. The van der Waals surface area contributed by atoms with Gasteiger partial charge >= 0.3 is 17.1 Å². The number of aromatic nitrogens is 3. The zero-order valence-electron chi connectivity index (χ0n) is 15.7. The molecule has 10 nitrogen and oxygen atoms in total. The second-order valence-electron chi connectivity index (χ2n) is 6.47. The third-order valence-corrected chi connectivity index (χ3v) is 6.36. The normalized spacial score (nSPS) is 18.0. The number of carbonyl (C=O) groups excluding carboxylic acids is 1. The Morgan fingerprint density at radius 3 is 1.96 bits per heavy atom. The Hall–Kier alpha value is -2.69. The summed E-state index contributed by atoms with van der Waals surface area (Å²) < 4.78 is 25.7. The molecule has 1 fully saturated rings. The predicted octanol–water partition coefficient (Wildman–Crippen LogP) is -1.42. The monoisotopic (exact) mass is 412 g/mol. The van der Waals surface area contributed by atoms with Crippen LogP contribution in [0.25, 0.3) is 0 Å². The van der Waals surface area contributed by atoms with E-state index in [9.17, 15) is 27.6 Å². The van der Waals surface area contributed by atoms with Crippen LogP contribution in [0.1, 0.15) is 13.3 Å². The van der Waals surface area contributed by atoms with Gasteiger partial charge in [0, 0.05) is 12.6 Å². The SMILES string of the molecule is C=CCn1c(=O)n(CC=C)c(=O)n(CC(=O)N(CC)C2CCS(=O)(=O)C2)c1=O. The number of amides is 1. The van der Waals surface area contributed by atoms with E-state index in [1.807, 2.05) is 0 Å². The minimum Gasteiger partial charge on any atom is -0.337 e. The fraction of sp³-hybridized carbons (Fsp3) is 0.529. The molecule has 1 aromatic rings. The molecule has 28 heavy (non-hydrogen) atoms. The third kappa shape index (κ3) is 4.24. The lowest BCUT2D eigenvalue weighted by molar-refractivity contribution is -0.133. The molecule has 0 aromatic carbocycles. The van der Waals surface area contributed by atoms with Crippen LogP contribution in [0.2, 0.25) is 0 Å². The van der Waals surface area contributed by atoms with Gasteiger partial charge in [0.1, 0.15) is 6.54 Å². The number of nitrogens with zero attached hydrogens (tertiary/aromatic N) is 4. The first-order valence-electron chi connectivity index (χ1n) is 8.83. The summed E-state index contributed by atoms with van der Waals surface area (Å²) in [4.78, 5) is 51.7. The highest BCUT2D eigenvalue weighted by Gasteiger charge is 2.34. The van der Waals surface area contributed by atoms with E-state index >= 15 is 0 Å². The molecular formula is C17H24N4O6S. The van der Waals surface area contributed by atoms with Crippen molar-refractivity contribution in [2.24, 2.45) is 0 Å². The molecule has 0 aliphatic carbocycles. The highest BCUT2D eigenvalue weighted by Crippen LogP contribution is 2.17. The number of carbonyl (C=O) groups is 1. The van der Waals surface area contributed by atoms with E-state index in [1.54, 1.807) is 6.92 Å². The predicted molar refractivity (Wildman–Crippen MR) is 104 cm³/mol. The van der Waals surface area contributed by atoms with Crippen molar-refractivity contribution in [3.8, 4) is 0 Å². The standard InChI is InChI=1S/C17H24N4O6S/c1-4-8-19-15(23)20(9-5-2)17(25)21(16(19)24)11-14(22)18(6-3)13-7-10-28(26,27)12-13/h4-5,13H,1-2,6-12H2,3H3. The number of hydrogen-bond acceptors (Lipinski definition) is 6. The quantitative estimate of drug-likeness (QED) is 0.483. The summed E-state index contributed by atoms with van der Waals surface area (Å²) in [5, 5.41) is 0. The number of rotatable bonds is 8. The lowest BCUT2D eigenvalue weighted by atomic mass is 10.2. The van der Waals surface area contributed by atoms with Crippen molar-refractivity contribution in [3.63, 3.8) is 0 Å². The van der Waals surface area contributed by atoms with E-state index in [0.717, 1.165) is 9.13 Å². The van der Waals surface area contributed by atoms with E-state index in [4.69, 9.17) is 0 Å². The Balaban J connectivity index is 2.46. The van der Waals surface area contributed by atoms with E-state index in [2.05, 4.69) is 13.2 Å². The van der Waals surface area contributed by atoms with Crippen LogP contribution in [-0.2, 0) is 34.3 Å². The molecule has 11 heteroatoms. The van der Waals surface area contributed by atoms with Gasteiger partial charge in [0.15, 0.2) is 9.84 Å². The molecule has 1 aliphatic heterocycles. The largest absolute Gasteiger partial charge is 0.337 e. The van der Waals surface area contributed by atoms with Crippen LogP contribution in [0.4, 0.5) is 0 Å². The van der Waals surface area contributed by atoms with Gasteiger partial charge in [-0.25, -0.2) is 36.5 Å². The van der Waals surface area contributed by atoms with Gasteiger partial charge in [-0.05, 0) is 13.3 Å². The number of hydrogen-bond donors (Lipinski definition) is 0. The molecule has 1 unspecified atom stereocenters. The average Bonchev–Trinajstić information content (AvgIpc) is 2.99. The third-order valence-electron chi connectivity index (χ3n) is 4.61. The van der Waals surface area contributed by atoms with Crippen molar-refractivity contribution >= 4 is 15.7 Å². The molecule has 1 atom stereocenters. The Morgan fingerprint density at radius 2 is 1.57 bits per heavy atom. The zero-order chi connectivity index (χ0) is 21.1. The van der Waals surface area contributed by atoms with E-state index < -0.39 is 45.4 Å². The Morgan fingerprint density at radius 1 is 1.07 bits per heavy atom. The van der Waals surface area contributed by atoms with Crippen LogP contribution in [0.5, 0.6) is 0 Å². The molecule has 2 heterocycles. The summed E-state index contributed by atoms with van der Waals surface area (Å²) in [6, 6.07) is -0.493. The topological polar surface area (TPSA) is 120 Å². The van der Waals surface area contributed by atoms with Crippen molar-refractivity contribution in [2.45, 2.75) is 39.0 Å². The van der Waals surface area contributed by atoms with Crippen molar-refractivity contribution < 1.29 is 13.2 Å². The summed E-state index contributed by atoms with van der Waals surface area (Å²) in [6.07, 6.45) is 2.98. The van der Waals surface area contributed by atoms with Gasteiger partial charge in [-0.1, -0.05) is 12.2 Å². The molecule has 1 amide bonds. The maximum absolute atomic E-state index is 12.8. The highest BCUT2D eigenvalue weighted by atomic mass is 32.2. The fourth-order valence-electron chi connectivity index (χ4n) is 3.27. The van der Waals surface area contributed by atoms with Crippen LogP contribution < -0.4 is 17.1 Å². The van der Waals surface area contributed by atoms with Gasteiger partial charge in [0.25, 0.3) is 0 Å². The molecule has 2 rings (SSSR count). The van der Waals surface area contributed by atoms with Gasteiger partial charge in [0.2, 0.25) is 5.91 Å². The van der Waals surface area contributed by atoms with Gasteiger partial charge < -0.3 is 4.90 Å². The van der Waals surface area contributed by atoms with Crippen molar-refractivity contribution in [3.05, 3.63) is 56.8 Å². The molecule has 0 N–H and O–H groups in total. The van der Waals surface area contributed by atoms with Crippen LogP contribution in [0.15, 0.2) is 39.7 Å². The maximum atomic E-state index is 12.8. The first-order chi connectivity index (χ1) is 13.2. The molecule has 154 valence electrons. The second kappa shape index (κ2) is 8.55. The van der Waals surface area contributed by atoms with E-state index in [-0.39, 0.29) is 31.1 Å². The van der Waals surface area contributed by atoms with Crippen molar-refractivity contribution in [1.29, 1.82) is 0 Å². The summed E-state index contributed by atoms with van der Waals surface area (Å²) in [5.74, 6) is -0.701. The lowest BCUT2D eigenvalue weighted by Crippen LogP contribution is -2.56. The minimum atomic E-state index is -3.20. The Labute approximate surface area is 161 Å². The summed E-state index contributed by atoms with van der Waals surface area (Å²) in [7, 11) is -3.20. The first-order valence-corrected chi connectivity index (χ1v) is 10.6. The first kappa shape index (κ1) is 21.6. The maximum Gasteiger partial charge on any atom is 0.337 e. The van der Waals surface area contributed by atoms with Gasteiger partial charge in [-0.2, -0.15) is 0 Å². The van der Waals surface area contributed by atoms with Crippen molar-refractivity contribution in [2.75, 3.05) is 18.1 Å². The number of allylic oxidation sites excluding steroid dienone is 2. The molecule has 0 spiro atoms. The molecule has 1 saturated heterocycles. The molecule has 1 aliphatic rings. The second-order valence-corrected chi connectivity index (χ2v) is 8.70. The molecule has 0 radical (unpaired) electrons. The molecule has 1 aromatic heterocycles. The van der Waals surface area contributed by atoms with E-state index in [0.29, 0.717) is 11.0 Å². The average molecular weight is 412 g/mol. The van der Waals surface area contributed by atoms with Crippen LogP contribution in [0, 0.1) is 0 Å². The van der Waals surface area contributed by atoms with Gasteiger partial charge in [0.05, 0.1) is 24.6 Å². The molecule has 0 bridgehead atoms. The lowest BCUT2D eigenvalue weighted by Gasteiger charge is -2.27. The van der Waals surface area contributed by atoms with Crippen LogP contribution >= 0.6 is 0 Å². The molecular weight excluding hydrogens is 388 g/mol. The van der Waals surface area contributed by atoms with Crippen molar-refractivity contribution in [1.82, 2.24) is 18.6 Å². The fourth-order valence-corrected chi connectivity index (χ4v) is 5.00. The van der Waals surface area contributed by atoms with Crippen LogP contribution in [-0.4, -0.2) is 57.0 Å². The molecule has 0 saturated carbocycles. The Bertz CT molecular complexity index is 1010. The van der Waals surface area contributed by atoms with Gasteiger partial charge in [-0.3, -0.25) is 4.79 Å². The summed E-state index contributed by atoms with van der Waals surface area (Å²) in [5.41, 5.74) is -2.65. The smallest absolute Gasteiger partial charge is 0.337 e.